The fourth-order valence-corrected chi connectivity index (χ4v) is 1.90. The standard InChI is InChI=1S/C11H22N2O3S/c1-7(2)4-5-13-10(14)8(3)17-6-9(12)11(15)16/h7-9H,4-6,12H2,1-3H3,(H,13,14)(H,15,16). The average molecular weight is 262 g/mol. The van der Waals surface area contributed by atoms with Crippen molar-refractivity contribution >= 4 is 23.6 Å². The van der Waals surface area contributed by atoms with Crippen LogP contribution in [0.2, 0.25) is 0 Å². The highest BCUT2D eigenvalue weighted by molar-refractivity contribution is 8.00. The lowest BCUT2D eigenvalue weighted by atomic mass is 10.1. The maximum atomic E-state index is 11.6. The van der Waals surface area contributed by atoms with E-state index in [9.17, 15) is 9.59 Å². The first-order chi connectivity index (χ1) is 7.84. The quantitative estimate of drug-likeness (QED) is 0.598. The number of carbonyl (C=O) groups is 2. The first-order valence-corrected chi connectivity index (χ1v) is 6.77. The van der Waals surface area contributed by atoms with Crippen molar-refractivity contribution in [1.29, 1.82) is 0 Å². The molecule has 0 saturated heterocycles. The van der Waals surface area contributed by atoms with Crippen LogP contribution in [0.4, 0.5) is 0 Å². The van der Waals surface area contributed by atoms with E-state index in [1.807, 2.05) is 0 Å². The number of carboxylic acids is 1. The van der Waals surface area contributed by atoms with Crippen LogP contribution < -0.4 is 11.1 Å². The molecule has 0 radical (unpaired) electrons. The fourth-order valence-electron chi connectivity index (χ4n) is 1.02. The number of nitrogens with two attached hydrogens (primary N) is 1. The number of carbonyl (C=O) groups excluding carboxylic acids is 1. The molecule has 0 aromatic heterocycles. The minimum absolute atomic E-state index is 0.0618. The maximum Gasteiger partial charge on any atom is 0.321 e. The zero-order valence-corrected chi connectivity index (χ0v) is 11.4. The molecule has 0 saturated carbocycles. The van der Waals surface area contributed by atoms with Gasteiger partial charge in [-0.05, 0) is 19.3 Å². The van der Waals surface area contributed by atoms with Crippen LogP contribution >= 0.6 is 11.8 Å². The van der Waals surface area contributed by atoms with Crippen molar-refractivity contribution in [2.24, 2.45) is 11.7 Å². The number of aliphatic carboxylic acids is 1. The molecule has 0 heterocycles. The Bertz CT molecular complexity index is 259. The number of amides is 1. The van der Waals surface area contributed by atoms with E-state index in [-0.39, 0.29) is 16.9 Å². The van der Waals surface area contributed by atoms with Crippen LogP contribution in [0.25, 0.3) is 0 Å². The Hall–Kier alpha value is -0.750. The molecular formula is C11H22N2O3S. The zero-order valence-electron chi connectivity index (χ0n) is 10.6. The first kappa shape index (κ1) is 16.2. The molecule has 0 rings (SSSR count). The Morgan fingerprint density at radius 1 is 1.35 bits per heavy atom. The van der Waals surface area contributed by atoms with Gasteiger partial charge in [0.05, 0.1) is 5.25 Å². The van der Waals surface area contributed by atoms with Crippen molar-refractivity contribution < 1.29 is 14.7 Å². The molecule has 5 nitrogen and oxygen atoms in total. The Labute approximate surface area is 107 Å². The van der Waals surface area contributed by atoms with Gasteiger partial charge in [-0.25, -0.2) is 0 Å². The van der Waals surface area contributed by atoms with E-state index < -0.39 is 12.0 Å². The number of thioether (sulfide) groups is 1. The molecule has 0 aromatic rings. The molecule has 100 valence electrons. The molecule has 0 spiro atoms. The maximum absolute atomic E-state index is 11.6. The zero-order chi connectivity index (χ0) is 13.4. The van der Waals surface area contributed by atoms with E-state index in [2.05, 4.69) is 19.2 Å². The molecule has 0 aromatic carbocycles. The van der Waals surface area contributed by atoms with Crippen molar-refractivity contribution in [1.82, 2.24) is 5.32 Å². The second-order valence-corrected chi connectivity index (χ2v) is 5.77. The second kappa shape index (κ2) is 8.36. The smallest absolute Gasteiger partial charge is 0.321 e. The summed E-state index contributed by atoms with van der Waals surface area (Å²) in [7, 11) is 0. The number of nitrogens with one attached hydrogen (secondary N) is 1. The molecule has 0 aliphatic carbocycles. The second-order valence-electron chi connectivity index (χ2n) is 4.39. The summed E-state index contributed by atoms with van der Waals surface area (Å²) in [4.78, 5) is 22.1. The van der Waals surface area contributed by atoms with Gasteiger partial charge >= 0.3 is 5.97 Å². The molecule has 2 unspecified atom stereocenters. The molecule has 17 heavy (non-hydrogen) atoms. The summed E-state index contributed by atoms with van der Waals surface area (Å²) in [6.07, 6.45) is 0.942. The first-order valence-electron chi connectivity index (χ1n) is 5.72. The summed E-state index contributed by atoms with van der Waals surface area (Å²) >= 11 is 1.26. The summed E-state index contributed by atoms with van der Waals surface area (Å²) in [5, 5.41) is 11.1. The molecule has 0 aliphatic heterocycles. The van der Waals surface area contributed by atoms with Crippen LogP contribution in [-0.4, -0.2) is 40.6 Å². The van der Waals surface area contributed by atoms with Gasteiger partial charge in [-0.1, -0.05) is 13.8 Å². The number of hydrogen-bond acceptors (Lipinski definition) is 4. The molecule has 1 amide bonds. The molecule has 0 bridgehead atoms. The molecule has 4 N–H and O–H groups in total. The monoisotopic (exact) mass is 262 g/mol. The number of carboxylic acid groups (broad SMARTS) is 1. The van der Waals surface area contributed by atoms with Crippen molar-refractivity contribution in [3.63, 3.8) is 0 Å². The van der Waals surface area contributed by atoms with Crippen LogP contribution in [0, 0.1) is 5.92 Å². The predicted octanol–water partition coefficient (Wildman–Crippen LogP) is 0.682. The van der Waals surface area contributed by atoms with Crippen molar-refractivity contribution in [2.75, 3.05) is 12.3 Å². The molecule has 2 atom stereocenters. The van der Waals surface area contributed by atoms with E-state index in [0.717, 1.165) is 6.42 Å². The molecular weight excluding hydrogens is 240 g/mol. The summed E-state index contributed by atoms with van der Waals surface area (Å²) in [5.41, 5.74) is 5.35. The van der Waals surface area contributed by atoms with Gasteiger partial charge in [0, 0.05) is 12.3 Å². The lowest BCUT2D eigenvalue weighted by molar-refractivity contribution is -0.138. The minimum atomic E-state index is -1.04. The number of hydrogen-bond donors (Lipinski definition) is 3. The number of rotatable bonds is 8. The SMILES string of the molecule is CC(C)CCNC(=O)C(C)SCC(N)C(=O)O. The van der Waals surface area contributed by atoms with E-state index in [4.69, 9.17) is 10.8 Å². The average Bonchev–Trinajstić information content (AvgIpc) is 2.24. The largest absolute Gasteiger partial charge is 0.480 e. The summed E-state index contributed by atoms with van der Waals surface area (Å²) < 4.78 is 0. The Morgan fingerprint density at radius 3 is 2.41 bits per heavy atom. The van der Waals surface area contributed by atoms with Gasteiger partial charge in [-0.15, -0.1) is 11.8 Å². The van der Waals surface area contributed by atoms with Crippen LogP contribution in [0.3, 0.4) is 0 Å². The van der Waals surface area contributed by atoms with Crippen LogP contribution in [0.1, 0.15) is 27.2 Å². The lowest BCUT2D eigenvalue weighted by Gasteiger charge is -2.14. The van der Waals surface area contributed by atoms with E-state index in [0.29, 0.717) is 12.5 Å². The molecule has 0 fully saturated rings. The Morgan fingerprint density at radius 2 is 1.94 bits per heavy atom. The Kier molecular flexibility index (Phi) is 7.99. The predicted molar refractivity (Wildman–Crippen MR) is 70.0 cm³/mol. The van der Waals surface area contributed by atoms with Gasteiger partial charge < -0.3 is 16.2 Å². The third kappa shape index (κ3) is 8.04. The topological polar surface area (TPSA) is 92.4 Å². The van der Waals surface area contributed by atoms with Crippen molar-refractivity contribution in [2.45, 2.75) is 38.5 Å². The summed E-state index contributed by atoms with van der Waals surface area (Å²) in [6.45, 7) is 6.60. The van der Waals surface area contributed by atoms with E-state index in [1.165, 1.54) is 11.8 Å². The lowest BCUT2D eigenvalue weighted by Crippen LogP contribution is -2.36. The van der Waals surface area contributed by atoms with E-state index in [1.54, 1.807) is 6.92 Å². The van der Waals surface area contributed by atoms with Crippen molar-refractivity contribution in [3.8, 4) is 0 Å². The fraction of sp³-hybridized carbons (Fsp3) is 0.818. The molecule has 6 heteroatoms. The summed E-state index contributed by atoms with van der Waals surface area (Å²) in [5.74, 6) is -0.300. The third-order valence-electron chi connectivity index (χ3n) is 2.23. The normalized spacial score (nSPS) is 14.4. The van der Waals surface area contributed by atoms with Crippen molar-refractivity contribution in [3.05, 3.63) is 0 Å². The highest BCUT2D eigenvalue weighted by atomic mass is 32.2. The van der Waals surface area contributed by atoms with Crippen LogP contribution in [0.5, 0.6) is 0 Å². The highest BCUT2D eigenvalue weighted by Gasteiger charge is 2.17. The van der Waals surface area contributed by atoms with Gasteiger partial charge in [-0.3, -0.25) is 9.59 Å². The highest BCUT2D eigenvalue weighted by Crippen LogP contribution is 2.11. The van der Waals surface area contributed by atoms with Gasteiger partial charge in [0.25, 0.3) is 0 Å². The Balaban J connectivity index is 3.78. The van der Waals surface area contributed by atoms with Gasteiger partial charge in [0.2, 0.25) is 5.91 Å². The van der Waals surface area contributed by atoms with Gasteiger partial charge in [0.15, 0.2) is 0 Å². The van der Waals surface area contributed by atoms with Gasteiger partial charge in [-0.2, -0.15) is 0 Å². The van der Waals surface area contributed by atoms with Crippen LogP contribution in [0.15, 0.2) is 0 Å². The van der Waals surface area contributed by atoms with E-state index >= 15 is 0 Å². The molecule has 0 aliphatic rings. The third-order valence-corrected chi connectivity index (χ3v) is 3.50. The minimum Gasteiger partial charge on any atom is -0.480 e. The summed E-state index contributed by atoms with van der Waals surface area (Å²) in [6, 6.07) is -0.911. The van der Waals surface area contributed by atoms with Crippen LogP contribution in [-0.2, 0) is 9.59 Å². The van der Waals surface area contributed by atoms with Gasteiger partial charge in [0.1, 0.15) is 6.04 Å².